The van der Waals surface area contributed by atoms with Crippen molar-refractivity contribution >= 4 is 32.5 Å². The van der Waals surface area contributed by atoms with Gasteiger partial charge in [0.15, 0.2) is 0 Å². The van der Waals surface area contributed by atoms with Gasteiger partial charge >= 0.3 is 5.97 Å². The summed E-state index contributed by atoms with van der Waals surface area (Å²) in [5, 5.41) is 10.1. The van der Waals surface area contributed by atoms with E-state index in [1.807, 2.05) is 31.1 Å². The maximum atomic E-state index is 12.5. The quantitative estimate of drug-likeness (QED) is 0.711. The summed E-state index contributed by atoms with van der Waals surface area (Å²) in [6.45, 7) is -0.374. The molecule has 0 aliphatic carbocycles. The van der Waals surface area contributed by atoms with Gasteiger partial charge in [0.2, 0.25) is 10.0 Å². The molecule has 0 saturated heterocycles. The van der Waals surface area contributed by atoms with Gasteiger partial charge in [-0.25, -0.2) is 13.1 Å². The van der Waals surface area contributed by atoms with Gasteiger partial charge in [0.25, 0.3) is 0 Å². The standard InChI is InChI=1S/C15H19N3O4S/c1-18(2)13-7-3-6-11-10(13)5-4-8-14(11)23(21,22)17-9-12(16)15(19)20/h3-8,12,17H,9,16H2,1-2H3,(H,19,20). The van der Waals surface area contributed by atoms with E-state index in [-0.39, 0.29) is 11.4 Å². The Hall–Kier alpha value is -2.16. The molecule has 2 aromatic carbocycles. The van der Waals surface area contributed by atoms with Gasteiger partial charge in [-0.1, -0.05) is 24.3 Å². The number of aliphatic carboxylic acids is 1. The van der Waals surface area contributed by atoms with Gasteiger partial charge in [-0.05, 0) is 12.1 Å². The maximum Gasteiger partial charge on any atom is 0.321 e. The van der Waals surface area contributed by atoms with Crippen LogP contribution in [0.3, 0.4) is 0 Å². The van der Waals surface area contributed by atoms with Crippen molar-refractivity contribution in [3.63, 3.8) is 0 Å². The van der Waals surface area contributed by atoms with Crippen LogP contribution in [0.2, 0.25) is 0 Å². The van der Waals surface area contributed by atoms with Crippen LogP contribution in [0.4, 0.5) is 5.69 Å². The molecule has 0 heterocycles. The minimum Gasteiger partial charge on any atom is -0.480 e. The lowest BCUT2D eigenvalue weighted by Gasteiger charge is -2.17. The zero-order valence-electron chi connectivity index (χ0n) is 12.9. The fraction of sp³-hybridized carbons (Fsp3) is 0.267. The summed E-state index contributed by atoms with van der Waals surface area (Å²) in [6, 6.07) is 9.07. The highest BCUT2D eigenvalue weighted by Gasteiger charge is 2.21. The van der Waals surface area contributed by atoms with Crippen molar-refractivity contribution < 1.29 is 18.3 Å². The highest BCUT2D eigenvalue weighted by atomic mass is 32.2. The van der Waals surface area contributed by atoms with E-state index in [1.165, 1.54) is 6.07 Å². The first-order valence-electron chi connectivity index (χ1n) is 6.91. The van der Waals surface area contributed by atoms with Crippen molar-refractivity contribution in [1.82, 2.24) is 4.72 Å². The summed E-state index contributed by atoms with van der Waals surface area (Å²) in [7, 11) is -0.120. The lowest BCUT2D eigenvalue weighted by atomic mass is 10.1. The number of hydrogen-bond donors (Lipinski definition) is 3. The van der Waals surface area contributed by atoms with Crippen LogP contribution in [0, 0.1) is 0 Å². The van der Waals surface area contributed by atoms with E-state index in [9.17, 15) is 13.2 Å². The Balaban J connectivity index is 2.47. The molecule has 1 unspecified atom stereocenters. The van der Waals surface area contributed by atoms with E-state index in [4.69, 9.17) is 10.8 Å². The van der Waals surface area contributed by atoms with Crippen LogP contribution < -0.4 is 15.4 Å². The van der Waals surface area contributed by atoms with E-state index in [2.05, 4.69) is 4.72 Å². The number of nitrogens with one attached hydrogen (secondary N) is 1. The van der Waals surface area contributed by atoms with Crippen molar-refractivity contribution in [3.8, 4) is 0 Å². The number of hydrogen-bond acceptors (Lipinski definition) is 5. The highest BCUT2D eigenvalue weighted by Crippen LogP contribution is 2.29. The molecule has 1 atom stereocenters. The number of nitrogens with two attached hydrogens (primary N) is 1. The minimum absolute atomic E-state index is 0.0938. The molecule has 0 aromatic heterocycles. The third kappa shape index (κ3) is 3.61. The number of carboxylic acids is 1. The van der Waals surface area contributed by atoms with Crippen LogP contribution in [-0.4, -0.2) is 46.2 Å². The Morgan fingerprint density at radius 1 is 1.22 bits per heavy atom. The van der Waals surface area contributed by atoms with Crippen LogP contribution in [-0.2, 0) is 14.8 Å². The molecule has 4 N–H and O–H groups in total. The van der Waals surface area contributed by atoms with Crippen LogP contribution >= 0.6 is 0 Å². The molecule has 7 nitrogen and oxygen atoms in total. The predicted octanol–water partition coefficient (Wildman–Crippen LogP) is 0.596. The number of rotatable bonds is 6. The lowest BCUT2D eigenvalue weighted by Crippen LogP contribution is -2.42. The second-order valence-corrected chi connectivity index (χ2v) is 7.05. The van der Waals surface area contributed by atoms with Gasteiger partial charge in [-0.3, -0.25) is 4.79 Å². The van der Waals surface area contributed by atoms with Crippen molar-refractivity contribution in [2.24, 2.45) is 5.73 Å². The zero-order chi connectivity index (χ0) is 17.2. The van der Waals surface area contributed by atoms with Crippen LogP contribution in [0.25, 0.3) is 10.8 Å². The van der Waals surface area contributed by atoms with Crippen molar-refractivity contribution in [2.45, 2.75) is 10.9 Å². The zero-order valence-corrected chi connectivity index (χ0v) is 13.7. The summed E-state index contributed by atoms with van der Waals surface area (Å²) < 4.78 is 27.2. The molecule has 0 radical (unpaired) electrons. The fourth-order valence-corrected chi connectivity index (χ4v) is 3.53. The van der Waals surface area contributed by atoms with Gasteiger partial charge < -0.3 is 15.7 Å². The number of fused-ring (bicyclic) bond motifs is 1. The predicted molar refractivity (Wildman–Crippen MR) is 89.1 cm³/mol. The van der Waals surface area contributed by atoms with E-state index >= 15 is 0 Å². The SMILES string of the molecule is CN(C)c1cccc2c(S(=O)(=O)NCC(N)C(=O)O)cccc12. The topological polar surface area (TPSA) is 113 Å². The Morgan fingerprint density at radius 2 is 1.83 bits per heavy atom. The van der Waals surface area contributed by atoms with E-state index < -0.39 is 22.0 Å². The van der Waals surface area contributed by atoms with Gasteiger partial charge in [-0.2, -0.15) is 0 Å². The Bertz CT molecular complexity index is 834. The summed E-state index contributed by atoms with van der Waals surface area (Å²) >= 11 is 0. The normalized spacial score (nSPS) is 13.0. The molecule has 0 spiro atoms. The summed E-state index contributed by atoms with van der Waals surface area (Å²) in [5.74, 6) is -1.26. The lowest BCUT2D eigenvalue weighted by molar-refractivity contribution is -0.138. The number of benzene rings is 2. The molecule has 8 heteroatoms. The number of carboxylic acid groups (broad SMARTS) is 1. The van der Waals surface area contributed by atoms with Crippen molar-refractivity contribution in [3.05, 3.63) is 36.4 Å². The highest BCUT2D eigenvalue weighted by molar-refractivity contribution is 7.89. The number of anilines is 1. The van der Waals surface area contributed by atoms with Crippen molar-refractivity contribution in [1.29, 1.82) is 0 Å². The summed E-state index contributed by atoms with van der Waals surface area (Å²) in [6.07, 6.45) is 0. The van der Waals surface area contributed by atoms with E-state index in [0.717, 1.165) is 11.1 Å². The van der Waals surface area contributed by atoms with Crippen molar-refractivity contribution in [2.75, 3.05) is 25.5 Å². The molecular formula is C15H19N3O4S. The number of carbonyl (C=O) groups is 1. The molecule has 0 aliphatic heterocycles. The third-order valence-electron chi connectivity index (χ3n) is 3.44. The minimum atomic E-state index is -3.87. The Labute approximate surface area is 134 Å². The first-order chi connectivity index (χ1) is 10.7. The molecular weight excluding hydrogens is 318 g/mol. The van der Waals surface area contributed by atoms with Crippen LogP contribution in [0.5, 0.6) is 0 Å². The monoisotopic (exact) mass is 337 g/mol. The molecule has 0 aliphatic rings. The molecule has 124 valence electrons. The van der Waals surface area contributed by atoms with E-state index in [1.54, 1.807) is 18.2 Å². The van der Waals surface area contributed by atoms with Crippen LogP contribution in [0.1, 0.15) is 0 Å². The summed E-state index contributed by atoms with van der Waals surface area (Å²) in [4.78, 5) is 12.7. The molecule has 2 rings (SSSR count). The maximum absolute atomic E-state index is 12.5. The second-order valence-electron chi connectivity index (χ2n) is 5.32. The molecule has 0 fully saturated rings. The smallest absolute Gasteiger partial charge is 0.321 e. The number of nitrogens with zero attached hydrogens (tertiary/aromatic N) is 1. The average Bonchev–Trinajstić information content (AvgIpc) is 2.51. The molecule has 0 bridgehead atoms. The number of sulfonamides is 1. The van der Waals surface area contributed by atoms with Crippen LogP contribution in [0.15, 0.2) is 41.3 Å². The largest absolute Gasteiger partial charge is 0.480 e. The Kier molecular flexibility index (Phi) is 4.88. The molecule has 0 saturated carbocycles. The molecule has 2 aromatic rings. The Morgan fingerprint density at radius 3 is 2.43 bits per heavy atom. The molecule has 23 heavy (non-hydrogen) atoms. The molecule has 0 amide bonds. The first-order valence-corrected chi connectivity index (χ1v) is 8.39. The average molecular weight is 337 g/mol. The van der Waals surface area contributed by atoms with E-state index in [0.29, 0.717) is 5.39 Å². The van der Waals surface area contributed by atoms with Gasteiger partial charge in [0, 0.05) is 37.1 Å². The fourth-order valence-electron chi connectivity index (χ4n) is 2.25. The van der Waals surface area contributed by atoms with Gasteiger partial charge in [-0.15, -0.1) is 0 Å². The van der Waals surface area contributed by atoms with Gasteiger partial charge in [0.1, 0.15) is 6.04 Å². The van der Waals surface area contributed by atoms with Gasteiger partial charge in [0.05, 0.1) is 4.90 Å². The third-order valence-corrected chi connectivity index (χ3v) is 4.92. The second kappa shape index (κ2) is 6.53. The first kappa shape index (κ1) is 17.2. The summed E-state index contributed by atoms with van der Waals surface area (Å²) in [5.41, 5.74) is 6.24.